The molecular weight excluding hydrogens is 546 g/mol. The predicted molar refractivity (Wildman–Crippen MR) is 137 cm³/mol. The third-order valence-corrected chi connectivity index (χ3v) is 22.9. The third kappa shape index (κ3) is 4.41. The summed E-state index contributed by atoms with van der Waals surface area (Å²) in [7, 11) is 0. The van der Waals surface area contributed by atoms with Crippen molar-refractivity contribution >= 4 is 12.2 Å². The van der Waals surface area contributed by atoms with Crippen LogP contribution < -0.4 is 24.8 Å². The minimum atomic E-state index is -2.51. The van der Waals surface area contributed by atoms with E-state index in [0.29, 0.717) is 0 Å². The predicted octanol–water partition coefficient (Wildman–Crippen LogP) is 3.44. The maximum Gasteiger partial charge on any atom is -1.00 e. The molecule has 35 heavy (non-hydrogen) atoms. The van der Waals surface area contributed by atoms with Crippen molar-refractivity contribution < 1.29 is 45.1 Å². The van der Waals surface area contributed by atoms with Crippen LogP contribution in [0.15, 0.2) is 59.7 Å². The molecule has 2 aromatic carbocycles. The van der Waals surface area contributed by atoms with Crippen molar-refractivity contribution in [2.24, 2.45) is 11.8 Å². The van der Waals surface area contributed by atoms with Gasteiger partial charge in [0.05, 0.1) is 0 Å². The van der Waals surface area contributed by atoms with Crippen molar-refractivity contribution in [3.63, 3.8) is 0 Å². The second-order valence-corrected chi connectivity index (χ2v) is 23.2. The average molecular weight is 585 g/mol. The first-order chi connectivity index (χ1) is 16.4. The van der Waals surface area contributed by atoms with E-state index in [-0.39, 0.29) is 24.8 Å². The molecule has 0 bridgehead atoms. The Labute approximate surface area is 229 Å². The van der Waals surface area contributed by atoms with Gasteiger partial charge in [0.2, 0.25) is 0 Å². The summed E-state index contributed by atoms with van der Waals surface area (Å²) in [5.41, 5.74) is 10.5. The smallest absolute Gasteiger partial charge is 1.00 e. The number of halogens is 2. The zero-order chi connectivity index (χ0) is 21.8. The summed E-state index contributed by atoms with van der Waals surface area (Å²) in [6.45, 7) is 0. The molecule has 5 aliphatic rings. The van der Waals surface area contributed by atoms with Crippen molar-refractivity contribution in [1.29, 1.82) is 0 Å². The molecular formula is C32H38Cl2Zr. The number of hydrogen-bond donors (Lipinski definition) is 0. The van der Waals surface area contributed by atoms with E-state index in [9.17, 15) is 0 Å². The first-order valence-electron chi connectivity index (χ1n) is 14.0. The van der Waals surface area contributed by atoms with Gasteiger partial charge in [0.25, 0.3) is 0 Å². The molecule has 2 unspecified atom stereocenters. The fourth-order valence-electron chi connectivity index (χ4n) is 8.45. The molecule has 0 N–H and O–H groups in total. The standard InChI is InChI=1S/2C15H17.C2H4.2ClH.Zr/c2*1-2-6-12(7-3-1)15-10-13-8-4-5-9-14(13)11-15;1-2;;;/h2*4-5,8-12H,1-3,6-7H2;1-2H2;2*1H;/q;;;;;+2/p-2. The molecule has 1 heterocycles. The minimum absolute atomic E-state index is 0. The summed E-state index contributed by atoms with van der Waals surface area (Å²) in [5.74, 6) is 1.73. The molecule has 2 saturated carbocycles. The van der Waals surface area contributed by atoms with Crippen LogP contribution in [0.1, 0.15) is 93.7 Å². The summed E-state index contributed by atoms with van der Waals surface area (Å²) in [5, 5.41) is 0. The van der Waals surface area contributed by atoms with E-state index in [1.165, 1.54) is 64.2 Å². The Morgan fingerprint density at radius 1 is 0.514 bits per heavy atom. The van der Waals surface area contributed by atoms with Crippen LogP contribution in [0.3, 0.4) is 0 Å². The molecule has 0 radical (unpaired) electrons. The second-order valence-electron chi connectivity index (χ2n) is 11.8. The van der Waals surface area contributed by atoms with Crippen LogP contribution in [0.5, 0.6) is 0 Å². The van der Waals surface area contributed by atoms with Crippen molar-refractivity contribution in [2.45, 2.75) is 79.7 Å². The average Bonchev–Trinajstić information content (AvgIpc) is 3.41. The molecule has 1 saturated heterocycles. The Kier molecular flexibility index (Phi) is 7.90. The molecule has 7 rings (SSSR count). The maximum absolute atomic E-state index is 2.71. The van der Waals surface area contributed by atoms with Gasteiger partial charge in [0.1, 0.15) is 0 Å². The summed E-state index contributed by atoms with van der Waals surface area (Å²) in [6.07, 6.45) is 19.9. The maximum atomic E-state index is 2.71. The number of hydrogen-bond acceptors (Lipinski definition) is 0. The fourth-order valence-corrected chi connectivity index (χ4v) is 26.2. The molecule has 0 aromatic heterocycles. The quantitative estimate of drug-likeness (QED) is 0.517. The summed E-state index contributed by atoms with van der Waals surface area (Å²) in [4.78, 5) is 0. The summed E-state index contributed by atoms with van der Waals surface area (Å²) < 4.78 is 4.92. The minimum Gasteiger partial charge on any atom is -1.00 e. The van der Waals surface area contributed by atoms with Gasteiger partial charge in [-0.1, -0.05) is 0 Å². The molecule has 2 atom stereocenters. The molecule has 184 valence electrons. The number of benzene rings is 2. The largest absolute Gasteiger partial charge is 1.00 e. The van der Waals surface area contributed by atoms with E-state index < -0.39 is 20.3 Å². The molecule has 0 nitrogen and oxygen atoms in total. The summed E-state index contributed by atoms with van der Waals surface area (Å²) >= 11 is -2.51. The van der Waals surface area contributed by atoms with Crippen LogP contribution in [0.25, 0.3) is 12.2 Å². The Morgan fingerprint density at radius 2 is 0.914 bits per heavy atom. The van der Waals surface area contributed by atoms with Gasteiger partial charge in [0.15, 0.2) is 0 Å². The van der Waals surface area contributed by atoms with Crippen LogP contribution in [-0.4, -0.2) is 0 Å². The summed E-state index contributed by atoms with van der Waals surface area (Å²) in [6, 6.07) is 19.2. The van der Waals surface area contributed by atoms with Gasteiger partial charge in [-0.05, 0) is 0 Å². The van der Waals surface area contributed by atoms with Crippen molar-refractivity contribution in [2.75, 3.05) is 0 Å². The van der Waals surface area contributed by atoms with Gasteiger partial charge >= 0.3 is 206 Å². The molecule has 3 heteroatoms. The Bertz CT molecular complexity index is 1030. The van der Waals surface area contributed by atoms with Crippen molar-refractivity contribution in [3.05, 3.63) is 81.9 Å². The zero-order valence-corrected chi connectivity index (χ0v) is 24.8. The molecule has 3 fully saturated rings. The van der Waals surface area contributed by atoms with Gasteiger partial charge in [0, 0.05) is 0 Å². The van der Waals surface area contributed by atoms with E-state index in [1.807, 2.05) is 11.1 Å². The number of allylic oxidation sites excluding steroid dienone is 2. The Balaban J connectivity index is 0.00000127. The van der Waals surface area contributed by atoms with E-state index in [4.69, 9.17) is 0 Å². The zero-order valence-electron chi connectivity index (χ0n) is 20.8. The molecule has 0 spiro atoms. The van der Waals surface area contributed by atoms with Crippen molar-refractivity contribution in [1.82, 2.24) is 0 Å². The molecule has 1 aliphatic heterocycles. The van der Waals surface area contributed by atoms with Crippen LogP contribution in [-0.2, 0) is 20.3 Å². The van der Waals surface area contributed by atoms with E-state index in [2.05, 4.69) is 60.7 Å². The first-order valence-corrected chi connectivity index (χ1v) is 20.3. The number of fused-ring (bicyclic) bond motifs is 2. The van der Waals surface area contributed by atoms with Gasteiger partial charge in [-0.15, -0.1) is 0 Å². The van der Waals surface area contributed by atoms with Crippen LogP contribution in [0, 0.1) is 11.8 Å². The van der Waals surface area contributed by atoms with Gasteiger partial charge in [-0.3, -0.25) is 0 Å². The fraction of sp³-hybridized carbons (Fsp3) is 0.500. The first kappa shape index (κ1) is 26.0. The van der Waals surface area contributed by atoms with Crippen LogP contribution in [0.2, 0.25) is 8.26 Å². The van der Waals surface area contributed by atoms with Gasteiger partial charge < -0.3 is 24.8 Å². The monoisotopic (exact) mass is 582 g/mol. The second kappa shape index (κ2) is 10.6. The van der Waals surface area contributed by atoms with E-state index >= 15 is 0 Å². The molecule has 0 amide bonds. The van der Waals surface area contributed by atoms with Gasteiger partial charge in [-0.2, -0.15) is 0 Å². The third-order valence-electron chi connectivity index (χ3n) is 10.1. The van der Waals surface area contributed by atoms with E-state index in [0.717, 1.165) is 19.1 Å². The van der Waals surface area contributed by atoms with Crippen LogP contribution >= 0.6 is 0 Å². The topological polar surface area (TPSA) is 0 Å². The van der Waals surface area contributed by atoms with E-state index in [1.54, 1.807) is 30.5 Å². The molecule has 2 aromatic rings. The number of rotatable bonds is 4. The van der Waals surface area contributed by atoms with Crippen LogP contribution in [0.4, 0.5) is 0 Å². The molecule has 4 aliphatic carbocycles. The SMILES string of the molecule is C1=C(C2CCCCC2)[CH]([Zr+2]2([CH]3C(C4CCCCC4)=Cc4ccccc43)[CH2][CH2]2)c2ccccc21.[Cl-].[Cl-]. The van der Waals surface area contributed by atoms with Crippen molar-refractivity contribution in [3.8, 4) is 0 Å². The Hall–Kier alpha value is -0.617. The Morgan fingerprint density at radius 3 is 1.31 bits per heavy atom. The normalized spacial score (nSPS) is 26.2. The van der Waals surface area contributed by atoms with Gasteiger partial charge in [-0.25, -0.2) is 0 Å².